The highest BCUT2D eigenvalue weighted by atomic mass is 35.5. The van der Waals surface area contributed by atoms with Gasteiger partial charge in [0, 0.05) is 41.6 Å². The van der Waals surface area contributed by atoms with Gasteiger partial charge in [0.2, 0.25) is 5.88 Å². The topological polar surface area (TPSA) is 106 Å². The standard InChI is InChI=1S/C27H28Cl2N6O4/c1-16(24-20(28)14-30-15-21(24)29)39-18-5-6-22-19(12-18)25(33-32-22)17-11-23-26(31-13-17)37-10-8-35(23)27(36)38-9-4-7-34(2)3/h5-6,11-16H,4,7-10H2,1-3H3,(H,32,33)/t16-/m1/s1. The first-order chi connectivity index (χ1) is 18.8. The van der Waals surface area contributed by atoms with Gasteiger partial charge in [-0.05, 0) is 51.7 Å². The summed E-state index contributed by atoms with van der Waals surface area (Å²) in [6, 6.07) is 7.46. The van der Waals surface area contributed by atoms with Crippen molar-refractivity contribution in [2.45, 2.75) is 19.4 Å². The lowest BCUT2D eigenvalue weighted by molar-refractivity contribution is 0.145. The lowest BCUT2D eigenvalue weighted by atomic mass is 10.1. The van der Waals surface area contributed by atoms with Crippen LogP contribution in [0.2, 0.25) is 10.0 Å². The van der Waals surface area contributed by atoms with Crippen LogP contribution in [0.4, 0.5) is 10.5 Å². The summed E-state index contributed by atoms with van der Waals surface area (Å²) in [4.78, 5) is 24.9. The van der Waals surface area contributed by atoms with Crippen molar-refractivity contribution < 1.29 is 19.0 Å². The monoisotopic (exact) mass is 570 g/mol. The molecule has 0 unspecified atom stereocenters. The largest absolute Gasteiger partial charge is 0.486 e. The number of hydrogen-bond donors (Lipinski definition) is 1. The van der Waals surface area contributed by atoms with Crippen LogP contribution < -0.4 is 14.4 Å². The number of aromatic nitrogens is 4. The Morgan fingerprint density at radius 2 is 2.00 bits per heavy atom. The number of aromatic amines is 1. The van der Waals surface area contributed by atoms with Crippen molar-refractivity contribution in [2.24, 2.45) is 0 Å². The summed E-state index contributed by atoms with van der Waals surface area (Å²) in [6.07, 6.45) is 4.65. The summed E-state index contributed by atoms with van der Waals surface area (Å²) in [5.74, 6) is 0.984. The van der Waals surface area contributed by atoms with Crippen LogP contribution in [-0.2, 0) is 4.74 Å². The van der Waals surface area contributed by atoms with Gasteiger partial charge in [0.05, 0.1) is 28.7 Å². The van der Waals surface area contributed by atoms with E-state index in [9.17, 15) is 4.79 Å². The minimum absolute atomic E-state index is 0.331. The van der Waals surface area contributed by atoms with Gasteiger partial charge in [-0.2, -0.15) is 5.10 Å². The van der Waals surface area contributed by atoms with E-state index in [1.165, 1.54) is 12.4 Å². The Hall–Kier alpha value is -3.60. The SMILES string of the molecule is C[C@@H](Oc1ccc2[nH]nc(-c3cnc4c(c3)N(C(=O)OCCCN(C)C)CCO4)c2c1)c1c(Cl)cncc1Cl. The first-order valence-electron chi connectivity index (χ1n) is 12.5. The van der Waals surface area contributed by atoms with Gasteiger partial charge in [0.25, 0.3) is 0 Å². The quantitative estimate of drug-likeness (QED) is 0.267. The van der Waals surface area contributed by atoms with Crippen LogP contribution in [0.25, 0.3) is 22.2 Å². The number of pyridine rings is 2. The summed E-state index contributed by atoms with van der Waals surface area (Å²) in [6.45, 7) is 3.73. The fraction of sp³-hybridized carbons (Fsp3) is 0.333. The maximum atomic E-state index is 12.9. The molecule has 1 aliphatic heterocycles. The molecule has 5 rings (SSSR count). The second-order valence-corrected chi connectivity index (χ2v) is 10.2. The molecule has 1 aliphatic rings. The highest BCUT2D eigenvalue weighted by Crippen LogP contribution is 2.37. The van der Waals surface area contributed by atoms with Crippen molar-refractivity contribution in [3.8, 4) is 22.9 Å². The van der Waals surface area contributed by atoms with E-state index >= 15 is 0 Å². The number of fused-ring (bicyclic) bond motifs is 2. The Bertz CT molecular complexity index is 1470. The molecule has 204 valence electrons. The summed E-state index contributed by atoms with van der Waals surface area (Å²) >= 11 is 12.6. The summed E-state index contributed by atoms with van der Waals surface area (Å²) in [5.41, 5.74) is 3.38. The second kappa shape index (κ2) is 11.6. The molecule has 1 aromatic carbocycles. The fourth-order valence-electron chi connectivity index (χ4n) is 4.40. The molecule has 1 atom stereocenters. The van der Waals surface area contributed by atoms with Gasteiger partial charge in [-0.15, -0.1) is 0 Å². The van der Waals surface area contributed by atoms with Gasteiger partial charge in [-0.3, -0.25) is 15.0 Å². The van der Waals surface area contributed by atoms with E-state index in [0.29, 0.717) is 63.9 Å². The minimum atomic E-state index is -0.428. The molecule has 39 heavy (non-hydrogen) atoms. The highest BCUT2D eigenvalue weighted by molar-refractivity contribution is 6.35. The minimum Gasteiger partial charge on any atom is -0.486 e. The molecule has 12 heteroatoms. The van der Waals surface area contributed by atoms with Crippen LogP contribution in [0.15, 0.2) is 42.9 Å². The Morgan fingerprint density at radius 3 is 2.77 bits per heavy atom. The molecular formula is C27H28Cl2N6O4. The number of carbonyl (C=O) groups excluding carboxylic acids is 1. The van der Waals surface area contributed by atoms with E-state index in [0.717, 1.165) is 23.9 Å². The smallest absolute Gasteiger partial charge is 0.414 e. The molecule has 3 aromatic heterocycles. The average Bonchev–Trinajstić information content (AvgIpc) is 3.33. The van der Waals surface area contributed by atoms with Crippen LogP contribution in [0.5, 0.6) is 11.6 Å². The Labute approximate surface area is 235 Å². The van der Waals surface area contributed by atoms with E-state index < -0.39 is 12.2 Å². The van der Waals surface area contributed by atoms with Gasteiger partial charge in [0.15, 0.2) is 0 Å². The summed E-state index contributed by atoms with van der Waals surface area (Å²) in [7, 11) is 3.96. The van der Waals surface area contributed by atoms with Crippen molar-refractivity contribution in [3.63, 3.8) is 0 Å². The molecule has 0 saturated heterocycles. The molecule has 4 aromatic rings. The number of amides is 1. The number of hydrogen-bond acceptors (Lipinski definition) is 8. The lowest BCUT2D eigenvalue weighted by Crippen LogP contribution is -2.39. The van der Waals surface area contributed by atoms with E-state index in [1.54, 1.807) is 11.1 Å². The molecule has 0 radical (unpaired) electrons. The third-order valence-corrected chi connectivity index (χ3v) is 6.89. The zero-order valence-electron chi connectivity index (χ0n) is 21.8. The fourth-order valence-corrected chi connectivity index (χ4v) is 5.07. The third-order valence-electron chi connectivity index (χ3n) is 6.29. The van der Waals surface area contributed by atoms with Gasteiger partial charge >= 0.3 is 6.09 Å². The molecule has 0 fully saturated rings. The molecule has 10 nitrogen and oxygen atoms in total. The Kier molecular flexibility index (Phi) is 8.06. The summed E-state index contributed by atoms with van der Waals surface area (Å²) < 4.78 is 17.4. The van der Waals surface area contributed by atoms with E-state index in [1.807, 2.05) is 50.2 Å². The Balaban J connectivity index is 1.40. The molecule has 0 aliphatic carbocycles. The molecule has 4 heterocycles. The number of anilines is 1. The molecule has 0 bridgehead atoms. The predicted molar refractivity (Wildman–Crippen MR) is 150 cm³/mol. The van der Waals surface area contributed by atoms with Crippen LogP contribution in [0.3, 0.4) is 0 Å². The van der Waals surface area contributed by atoms with Crippen molar-refractivity contribution in [1.29, 1.82) is 0 Å². The first-order valence-corrected chi connectivity index (χ1v) is 13.2. The number of benzene rings is 1. The van der Waals surface area contributed by atoms with Gasteiger partial charge < -0.3 is 19.1 Å². The summed E-state index contributed by atoms with van der Waals surface area (Å²) in [5, 5.41) is 9.26. The number of H-pyrrole nitrogens is 1. The number of nitrogens with one attached hydrogen (secondary N) is 1. The maximum absolute atomic E-state index is 12.9. The third kappa shape index (κ3) is 5.88. The van der Waals surface area contributed by atoms with E-state index in [4.69, 9.17) is 37.4 Å². The van der Waals surface area contributed by atoms with Crippen molar-refractivity contribution in [2.75, 3.05) is 45.3 Å². The molecule has 0 spiro atoms. The predicted octanol–water partition coefficient (Wildman–Crippen LogP) is 5.75. The van der Waals surface area contributed by atoms with Crippen molar-refractivity contribution >= 4 is 45.9 Å². The first kappa shape index (κ1) is 27.0. The molecule has 1 N–H and O–H groups in total. The van der Waals surface area contributed by atoms with Gasteiger partial charge in [-0.25, -0.2) is 9.78 Å². The maximum Gasteiger partial charge on any atom is 0.414 e. The van der Waals surface area contributed by atoms with Gasteiger partial charge in [0.1, 0.15) is 29.8 Å². The Morgan fingerprint density at radius 1 is 1.21 bits per heavy atom. The van der Waals surface area contributed by atoms with Crippen LogP contribution in [0, 0.1) is 0 Å². The van der Waals surface area contributed by atoms with Crippen LogP contribution in [0.1, 0.15) is 25.0 Å². The molecule has 0 saturated carbocycles. The van der Waals surface area contributed by atoms with Crippen LogP contribution >= 0.6 is 23.2 Å². The number of nitrogens with zero attached hydrogens (tertiary/aromatic N) is 5. The van der Waals surface area contributed by atoms with Crippen LogP contribution in [-0.4, -0.2) is 71.6 Å². The molecular weight excluding hydrogens is 543 g/mol. The number of halogens is 2. The van der Waals surface area contributed by atoms with Crippen molar-refractivity contribution in [1.82, 2.24) is 25.1 Å². The van der Waals surface area contributed by atoms with Crippen molar-refractivity contribution in [3.05, 3.63) is 58.5 Å². The number of carbonyl (C=O) groups is 1. The number of ether oxygens (including phenoxy) is 3. The lowest BCUT2D eigenvalue weighted by Gasteiger charge is -2.28. The molecule has 1 amide bonds. The van der Waals surface area contributed by atoms with E-state index in [2.05, 4.69) is 20.2 Å². The zero-order chi connectivity index (χ0) is 27.5. The van der Waals surface area contributed by atoms with E-state index in [-0.39, 0.29) is 0 Å². The highest BCUT2D eigenvalue weighted by Gasteiger charge is 2.27. The van der Waals surface area contributed by atoms with Gasteiger partial charge in [-0.1, -0.05) is 23.2 Å². The average molecular weight is 571 g/mol. The zero-order valence-corrected chi connectivity index (χ0v) is 23.3. The number of rotatable bonds is 8. The normalized spacial score (nSPS) is 13.7. The second-order valence-electron chi connectivity index (χ2n) is 9.38.